The van der Waals surface area contributed by atoms with Gasteiger partial charge in [0.1, 0.15) is 10.6 Å². The number of aromatic carboxylic acids is 1. The van der Waals surface area contributed by atoms with Crippen molar-refractivity contribution in [2.75, 3.05) is 5.32 Å². The van der Waals surface area contributed by atoms with Gasteiger partial charge in [-0.05, 0) is 36.4 Å². The monoisotopic (exact) mass is 417 g/mol. The topological polar surface area (TPSA) is 75.1 Å². The van der Waals surface area contributed by atoms with Gasteiger partial charge in [-0.3, -0.25) is 4.98 Å². The van der Waals surface area contributed by atoms with Crippen LogP contribution in [0.25, 0.3) is 11.3 Å². The smallest absolute Gasteiger partial charge is 0.335 e. The van der Waals surface area contributed by atoms with E-state index < -0.39 is 21.1 Å². The summed E-state index contributed by atoms with van der Waals surface area (Å²) in [5.41, 5.74) is 0.962. The molecule has 0 atom stereocenters. The quantitative estimate of drug-likeness (QED) is 0.481. The second kappa shape index (κ2) is 5.89. The van der Waals surface area contributed by atoms with Crippen LogP contribution in [-0.2, 0) is 0 Å². The van der Waals surface area contributed by atoms with E-state index in [9.17, 15) is 24.2 Å². The molecule has 0 saturated carbocycles. The van der Waals surface area contributed by atoms with Crippen molar-refractivity contribution in [1.82, 2.24) is 9.97 Å². The zero-order chi connectivity index (χ0) is 20.6. The highest BCUT2D eigenvalue weighted by atomic mass is 32.5. The molecule has 0 spiro atoms. The van der Waals surface area contributed by atoms with Crippen LogP contribution in [0.1, 0.15) is 10.4 Å². The molecule has 148 valence electrons. The van der Waals surface area contributed by atoms with E-state index in [1.807, 2.05) is 0 Å². The summed E-state index contributed by atoms with van der Waals surface area (Å²) in [5, 5.41) is 11.7. The van der Waals surface area contributed by atoms with Gasteiger partial charge in [-0.2, -0.15) is 0 Å². The van der Waals surface area contributed by atoms with Crippen molar-refractivity contribution in [2.45, 2.75) is 4.90 Å². The Kier molecular flexibility index (Phi) is 4.11. The summed E-state index contributed by atoms with van der Waals surface area (Å²) in [6, 6.07) is 8.02. The maximum Gasteiger partial charge on any atom is 0.335 e. The van der Waals surface area contributed by atoms with Crippen molar-refractivity contribution in [1.29, 1.82) is 0 Å². The average molecular weight is 417 g/mol. The van der Waals surface area contributed by atoms with Crippen LogP contribution in [0.15, 0.2) is 65.8 Å². The number of carboxylic acids is 1. The highest BCUT2D eigenvalue weighted by molar-refractivity contribution is 8.45. The molecule has 1 aromatic heterocycles. The molecule has 0 fully saturated rings. The average Bonchev–Trinajstić information content (AvgIpc) is 2.61. The van der Waals surface area contributed by atoms with Crippen LogP contribution in [-0.4, -0.2) is 21.0 Å². The maximum atomic E-state index is 12.8. The van der Waals surface area contributed by atoms with E-state index in [0.717, 1.165) is 12.1 Å². The second-order valence-electron chi connectivity index (χ2n) is 5.75. The van der Waals surface area contributed by atoms with Gasteiger partial charge in [0.2, 0.25) is 0 Å². The molecule has 5 nitrogen and oxygen atoms in total. The van der Waals surface area contributed by atoms with E-state index >= 15 is 0 Å². The fraction of sp³-hybridized carbons (Fsp3) is 0. The van der Waals surface area contributed by atoms with Crippen LogP contribution in [0.2, 0.25) is 0 Å². The third-order valence-corrected chi connectivity index (χ3v) is 4.83. The van der Waals surface area contributed by atoms with Gasteiger partial charge in [-0.25, -0.2) is 9.78 Å². The zero-order valence-corrected chi connectivity index (χ0v) is 14.6. The molecule has 0 amide bonds. The molecular weight excluding hydrogens is 405 g/mol. The first-order chi connectivity index (χ1) is 12.8. The molecule has 3 rings (SSSR count). The van der Waals surface area contributed by atoms with Crippen LogP contribution >= 0.6 is 10.2 Å². The molecule has 28 heavy (non-hydrogen) atoms. The van der Waals surface area contributed by atoms with Gasteiger partial charge in [0.05, 0.1) is 5.56 Å². The number of carboxylic acid groups (broad SMARTS) is 1. The Bertz CT molecular complexity index is 1040. The second-order valence-corrected chi connectivity index (χ2v) is 8.16. The van der Waals surface area contributed by atoms with Gasteiger partial charge >= 0.3 is 16.2 Å². The number of aromatic nitrogens is 2. The van der Waals surface area contributed by atoms with Gasteiger partial charge in [0.25, 0.3) is 0 Å². The van der Waals surface area contributed by atoms with Gasteiger partial charge in [0.15, 0.2) is 5.82 Å². The van der Waals surface area contributed by atoms with Gasteiger partial charge in [-0.1, -0.05) is 31.6 Å². The lowest BCUT2D eigenvalue weighted by molar-refractivity contribution is 0.0697. The Labute approximate surface area is 155 Å². The molecule has 2 aromatic carbocycles. The fourth-order valence-electron chi connectivity index (χ4n) is 2.34. The highest BCUT2D eigenvalue weighted by Gasteiger charge is 2.65. The van der Waals surface area contributed by atoms with Crippen LogP contribution in [0.5, 0.6) is 0 Å². The predicted octanol–water partition coefficient (Wildman–Crippen LogP) is 6.24. The Morgan fingerprint density at radius 2 is 1.43 bits per heavy atom. The molecule has 0 bridgehead atoms. The fourth-order valence-corrected chi connectivity index (χ4v) is 2.99. The summed E-state index contributed by atoms with van der Waals surface area (Å²) in [4.78, 5) is 17.1. The summed E-state index contributed by atoms with van der Waals surface area (Å²) >= 11 is 0. The number of halogens is 5. The zero-order valence-electron chi connectivity index (χ0n) is 13.8. The van der Waals surface area contributed by atoms with Crippen LogP contribution in [0, 0.1) is 0 Å². The van der Waals surface area contributed by atoms with E-state index in [-0.39, 0.29) is 17.1 Å². The van der Waals surface area contributed by atoms with E-state index in [1.165, 1.54) is 36.7 Å². The predicted molar refractivity (Wildman–Crippen MR) is 95.5 cm³/mol. The Morgan fingerprint density at radius 1 is 0.857 bits per heavy atom. The lowest BCUT2D eigenvalue weighted by Crippen LogP contribution is -2.06. The van der Waals surface area contributed by atoms with E-state index in [1.54, 1.807) is 0 Å². The summed E-state index contributed by atoms with van der Waals surface area (Å²) in [6.45, 7) is 0. The van der Waals surface area contributed by atoms with E-state index in [0.29, 0.717) is 23.4 Å². The van der Waals surface area contributed by atoms with Crippen LogP contribution in [0.4, 0.5) is 30.9 Å². The summed E-state index contributed by atoms with van der Waals surface area (Å²) in [6.07, 6.45) is 2.71. The van der Waals surface area contributed by atoms with Crippen molar-refractivity contribution >= 4 is 27.7 Å². The van der Waals surface area contributed by atoms with Crippen LogP contribution in [0.3, 0.4) is 0 Å². The SMILES string of the molecule is O=C(O)c1ccc(-c2nccnc2Nc2ccc(S(F)(F)(F)(F)F)cc2)cc1. The number of nitrogens with one attached hydrogen (secondary N) is 1. The number of hydrogen-bond acceptors (Lipinski definition) is 4. The van der Waals surface area contributed by atoms with Gasteiger partial charge in [-0.15, -0.1) is 0 Å². The molecule has 0 aliphatic rings. The molecular formula is C17H12F5N3O2S. The third-order valence-electron chi connectivity index (χ3n) is 3.67. The molecule has 0 unspecified atom stereocenters. The molecule has 0 aliphatic carbocycles. The Hall–Kier alpha value is -3.21. The minimum Gasteiger partial charge on any atom is -0.478 e. The van der Waals surface area contributed by atoms with Crippen molar-refractivity contribution in [3.8, 4) is 11.3 Å². The number of hydrogen-bond donors (Lipinski definition) is 2. The molecule has 0 radical (unpaired) electrons. The minimum absolute atomic E-state index is 0.0636. The lowest BCUT2D eigenvalue weighted by atomic mass is 10.1. The highest BCUT2D eigenvalue weighted by Crippen LogP contribution is 3.02. The summed E-state index contributed by atoms with van der Waals surface area (Å²) in [7, 11) is -9.74. The molecule has 2 N–H and O–H groups in total. The normalized spacial score (nSPS) is 14.0. The van der Waals surface area contributed by atoms with Crippen molar-refractivity contribution in [3.63, 3.8) is 0 Å². The Balaban J connectivity index is 1.91. The van der Waals surface area contributed by atoms with E-state index in [2.05, 4.69) is 15.3 Å². The van der Waals surface area contributed by atoms with Crippen molar-refractivity contribution in [3.05, 3.63) is 66.5 Å². The van der Waals surface area contributed by atoms with Crippen molar-refractivity contribution in [2.24, 2.45) is 0 Å². The number of anilines is 2. The molecule has 11 heteroatoms. The largest absolute Gasteiger partial charge is 0.478 e. The van der Waals surface area contributed by atoms with E-state index in [4.69, 9.17) is 5.11 Å². The molecule has 0 aliphatic heterocycles. The first kappa shape index (κ1) is 19.5. The summed E-state index contributed by atoms with van der Waals surface area (Å²) in [5.74, 6) is -0.946. The number of benzene rings is 2. The number of nitrogens with zero attached hydrogens (tertiary/aromatic N) is 2. The van der Waals surface area contributed by atoms with Gasteiger partial charge < -0.3 is 10.4 Å². The van der Waals surface area contributed by atoms with Crippen LogP contribution < -0.4 is 5.32 Å². The summed E-state index contributed by atoms with van der Waals surface area (Å²) < 4.78 is 64.0. The first-order valence-corrected chi connectivity index (χ1v) is 9.54. The van der Waals surface area contributed by atoms with Gasteiger partial charge in [0, 0.05) is 23.6 Å². The number of carbonyl (C=O) groups is 1. The molecule has 1 heterocycles. The Morgan fingerprint density at radius 3 is 1.96 bits per heavy atom. The third kappa shape index (κ3) is 4.36. The standard InChI is InChI=1S/C17H12F5N3O2S/c18-28(19,20,21,22)14-7-5-13(6-8-14)25-16-15(23-9-10-24-16)11-1-3-12(4-2-11)17(26)27/h1-10H,(H,24,25)(H,26,27). The maximum absolute atomic E-state index is 12.8. The number of rotatable bonds is 5. The molecule has 3 aromatic rings. The van der Waals surface area contributed by atoms with Crippen molar-refractivity contribution < 1.29 is 29.3 Å². The lowest BCUT2D eigenvalue weighted by Gasteiger charge is -2.40. The first-order valence-electron chi connectivity index (χ1n) is 7.59. The molecule has 0 saturated heterocycles. The minimum atomic E-state index is -9.74.